The molecular formula is C11H21NO3. The first-order valence-corrected chi connectivity index (χ1v) is 5.65. The van der Waals surface area contributed by atoms with E-state index in [9.17, 15) is 0 Å². The van der Waals surface area contributed by atoms with E-state index in [1.807, 2.05) is 0 Å². The highest BCUT2D eigenvalue weighted by Crippen LogP contribution is 2.68. The first-order valence-electron chi connectivity index (χ1n) is 5.65. The number of hydrogen-bond donors (Lipinski definition) is 2. The summed E-state index contributed by atoms with van der Waals surface area (Å²) in [7, 11) is 0. The Balaban J connectivity index is 2.28. The molecule has 2 saturated carbocycles. The van der Waals surface area contributed by atoms with Gasteiger partial charge in [0.15, 0.2) is 0 Å². The van der Waals surface area contributed by atoms with E-state index in [0.717, 1.165) is 6.42 Å². The van der Waals surface area contributed by atoms with E-state index in [1.165, 1.54) is 6.42 Å². The standard InChI is InChI=1S/C11H21NO3/c1-7-8-5-6-11(4,10(8,2)3)9(7)15-12(13)14/h7-9,13-14H,5-6H2,1-4H3. The van der Waals surface area contributed by atoms with Crippen molar-refractivity contribution in [1.29, 1.82) is 0 Å². The highest BCUT2D eigenvalue weighted by atomic mass is 17.1. The number of hydrogen-bond acceptors (Lipinski definition) is 4. The van der Waals surface area contributed by atoms with Crippen molar-refractivity contribution < 1.29 is 15.3 Å². The second-order valence-corrected chi connectivity index (χ2v) is 5.92. The molecule has 4 unspecified atom stereocenters. The molecule has 0 spiro atoms. The third-order valence-corrected chi connectivity index (χ3v) is 5.32. The Bertz CT molecular complexity index is 267. The molecule has 0 saturated heterocycles. The lowest BCUT2D eigenvalue weighted by Crippen LogP contribution is -2.42. The smallest absolute Gasteiger partial charge is 0.0931 e. The first-order chi connectivity index (χ1) is 6.80. The predicted molar refractivity (Wildman–Crippen MR) is 54.1 cm³/mol. The molecule has 2 aliphatic rings. The van der Waals surface area contributed by atoms with Gasteiger partial charge in [0.2, 0.25) is 0 Å². The van der Waals surface area contributed by atoms with Gasteiger partial charge in [-0.25, -0.2) is 4.84 Å². The summed E-state index contributed by atoms with van der Waals surface area (Å²) < 4.78 is 0. The lowest BCUT2D eigenvalue weighted by Gasteiger charge is -2.39. The largest absolute Gasteiger partial charge is 0.266 e. The van der Waals surface area contributed by atoms with E-state index in [1.54, 1.807) is 0 Å². The topological polar surface area (TPSA) is 52.9 Å². The third kappa shape index (κ3) is 1.29. The summed E-state index contributed by atoms with van der Waals surface area (Å²) in [6.45, 7) is 8.88. The van der Waals surface area contributed by atoms with Gasteiger partial charge in [-0.2, -0.15) is 0 Å². The van der Waals surface area contributed by atoms with Crippen molar-refractivity contribution in [3.05, 3.63) is 0 Å². The molecule has 0 radical (unpaired) electrons. The van der Waals surface area contributed by atoms with Crippen LogP contribution in [0.4, 0.5) is 0 Å². The van der Waals surface area contributed by atoms with Crippen LogP contribution in [0.25, 0.3) is 0 Å². The van der Waals surface area contributed by atoms with Crippen LogP contribution >= 0.6 is 0 Å². The number of fused-ring (bicyclic) bond motifs is 2. The van der Waals surface area contributed by atoms with Crippen molar-refractivity contribution in [1.82, 2.24) is 5.39 Å². The highest BCUT2D eigenvalue weighted by molar-refractivity contribution is 5.13. The van der Waals surface area contributed by atoms with Gasteiger partial charge in [0.25, 0.3) is 0 Å². The van der Waals surface area contributed by atoms with Gasteiger partial charge in [-0.3, -0.25) is 10.4 Å². The maximum atomic E-state index is 8.81. The van der Waals surface area contributed by atoms with Gasteiger partial charge in [0.1, 0.15) is 0 Å². The van der Waals surface area contributed by atoms with E-state index >= 15 is 0 Å². The summed E-state index contributed by atoms with van der Waals surface area (Å²) in [4.78, 5) is 5.14. The van der Waals surface area contributed by atoms with E-state index in [0.29, 0.717) is 11.8 Å². The molecule has 0 amide bonds. The van der Waals surface area contributed by atoms with Crippen LogP contribution in [0.1, 0.15) is 40.5 Å². The Morgan fingerprint density at radius 1 is 1.27 bits per heavy atom. The minimum Gasteiger partial charge on any atom is -0.266 e. The minimum absolute atomic E-state index is 0.0425. The molecule has 0 aromatic heterocycles. The SMILES string of the molecule is CC1C2CCC(C)(C1ON(O)O)C2(C)C. The molecule has 0 heterocycles. The zero-order valence-electron chi connectivity index (χ0n) is 9.90. The van der Waals surface area contributed by atoms with Crippen LogP contribution in [-0.4, -0.2) is 21.9 Å². The van der Waals surface area contributed by atoms with E-state index < -0.39 is 0 Å². The molecule has 88 valence electrons. The quantitative estimate of drug-likeness (QED) is 0.695. The summed E-state index contributed by atoms with van der Waals surface area (Å²) in [6.07, 6.45) is 2.23. The summed E-state index contributed by atoms with van der Waals surface area (Å²) in [6, 6.07) is 0. The van der Waals surface area contributed by atoms with Gasteiger partial charge in [-0.05, 0) is 30.1 Å². The molecule has 2 aliphatic carbocycles. The molecule has 0 aromatic rings. The molecule has 0 aliphatic heterocycles. The van der Waals surface area contributed by atoms with E-state index in [2.05, 4.69) is 27.7 Å². The van der Waals surface area contributed by atoms with Crippen LogP contribution in [0, 0.1) is 22.7 Å². The van der Waals surface area contributed by atoms with Crippen molar-refractivity contribution in [2.45, 2.75) is 46.6 Å². The Morgan fingerprint density at radius 2 is 1.87 bits per heavy atom. The number of nitrogens with zero attached hydrogens (tertiary/aromatic N) is 1. The molecule has 2 rings (SSSR count). The highest BCUT2D eigenvalue weighted by Gasteiger charge is 2.66. The van der Waals surface area contributed by atoms with Crippen molar-refractivity contribution in [2.24, 2.45) is 22.7 Å². The maximum absolute atomic E-state index is 8.81. The van der Waals surface area contributed by atoms with Crippen LogP contribution in [0.3, 0.4) is 0 Å². The summed E-state index contributed by atoms with van der Waals surface area (Å²) >= 11 is 0. The Hall–Kier alpha value is -0.160. The molecule has 4 atom stereocenters. The lowest BCUT2D eigenvalue weighted by atomic mass is 9.70. The third-order valence-electron chi connectivity index (χ3n) is 5.32. The molecule has 0 aromatic carbocycles. The zero-order chi connectivity index (χ0) is 11.4. The molecule has 2 fully saturated rings. The summed E-state index contributed by atoms with van der Waals surface area (Å²) in [5.74, 6) is 0.994. The summed E-state index contributed by atoms with van der Waals surface area (Å²) in [5, 5.41) is 17.5. The second kappa shape index (κ2) is 3.17. The Labute approximate surface area is 90.7 Å². The van der Waals surface area contributed by atoms with Crippen LogP contribution in [0.2, 0.25) is 0 Å². The molecule has 4 heteroatoms. The van der Waals surface area contributed by atoms with Gasteiger partial charge in [-0.1, -0.05) is 27.7 Å². The lowest BCUT2D eigenvalue weighted by molar-refractivity contribution is -0.514. The molecular weight excluding hydrogens is 194 g/mol. The van der Waals surface area contributed by atoms with Crippen molar-refractivity contribution in [2.75, 3.05) is 0 Å². The van der Waals surface area contributed by atoms with Gasteiger partial charge in [-0.15, -0.1) is 0 Å². The van der Waals surface area contributed by atoms with Crippen LogP contribution in [0.5, 0.6) is 0 Å². The van der Waals surface area contributed by atoms with Crippen LogP contribution in [-0.2, 0) is 4.84 Å². The van der Waals surface area contributed by atoms with Crippen molar-refractivity contribution >= 4 is 0 Å². The van der Waals surface area contributed by atoms with Crippen molar-refractivity contribution in [3.63, 3.8) is 0 Å². The fraction of sp³-hybridized carbons (Fsp3) is 1.00. The summed E-state index contributed by atoms with van der Waals surface area (Å²) in [5.41, 5.74) is 0.258. The number of rotatable bonds is 2. The molecule has 4 nitrogen and oxygen atoms in total. The Morgan fingerprint density at radius 3 is 2.27 bits per heavy atom. The van der Waals surface area contributed by atoms with Gasteiger partial charge < -0.3 is 0 Å². The average molecular weight is 215 g/mol. The van der Waals surface area contributed by atoms with Gasteiger partial charge >= 0.3 is 0 Å². The Kier molecular flexibility index (Phi) is 2.39. The average Bonchev–Trinajstić information content (AvgIpc) is 2.39. The first kappa shape index (κ1) is 11.3. The second-order valence-electron chi connectivity index (χ2n) is 5.92. The fourth-order valence-electron chi connectivity index (χ4n) is 4.10. The van der Waals surface area contributed by atoms with Crippen molar-refractivity contribution in [3.8, 4) is 0 Å². The van der Waals surface area contributed by atoms with Crippen LogP contribution in [0.15, 0.2) is 0 Å². The molecule has 2 N–H and O–H groups in total. The maximum Gasteiger partial charge on any atom is 0.0931 e. The fourth-order valence-corrected chi connectivity index (χ4v) is 4.10. The minimum atomic E-state index is -0.122. The zero-order valence-corrected chi connectivity index (χ0v) is 9.90. The van der Waals surface area contributed by atoms with Gasteiger partial charge in [0, 0.05) is 5.41 Å². The molecule has 15 heavy (non-hydrogen) atoms. The predicted octanol–water partition coefficient (Wildman–Crippen LogP) is 2.46. The van der Waals surface area contributed by atoms with Gasteiger partial charge in [0.05, 0.1) is 11.5 Å². The van der Waals surface area contributed by atoms with E-state index in [-0.39, 0.29) is 22.3 Å². The molecule has 2 bridgehead atoms. The monoisotopic (exact) mass is 215 g/mol. The normalized spacial score (nSPS) is 47.8. The van der Waals surface area contributed by atoms with E-state index in [4.69, 9.17) is 15.3 Å². The van der Waals surface area contributed by atoms with Crippen LogP contribution < -0.4 is 0 Å².